The quantitative estimate of drug-likeness (QED) is 0.486. The smallest absolute Gasteiger partial charge is 0.313 e. The monoisotopic (exact) mass is 382 g/mol. The highest BCUT2D eigenvalue weighted by Gasteiger charge is 2.37. The fourth-order valence-corrected chi connectivity index (χ4v) is 1.58. The molecular formula is C17H34O9. The minimum atomic E-state index is -0.715. The average Bonchev–Trinajstić information content (AvgIpc) is 3.10. The van der Waals surface area contributed by atoms with E-state index in [2.05, 4.69) is 9.47 Å². The van der Waals surface area contributed by atoms with Gasteiger partial charge in [-0.1, -0.05) is 21.3 Å². The van der Waals surface area contributed by atoms with Crippen LogP contribution >= 0.6 is 0 Å². The summed E-state index contributed by atoms with van der Waals surface area (Å²) >= 11 is 0. The summed E-state index contributed by atoms with van der Waals surface area (Å²) in [5.74, 6) is -1.55. The van der Waals surface area contributed by atoms with E-state index in [9.17, 15) is 14.4 Å². The Morgan fingerprint density at radius 2 is 1.42 bits per heavy atom. The first-order chi connectivity index (χ1) is 11.8. The molecule has 1 rings (SSSR count). The molecule has 0 spiro atoms. The summed E-state index contributed by atoms with van der Waals surface area (Å²) in [6.45, 7) is 4.51. The van der Waals surface area contributed by atoms with E-state index in [1.807, 2.05) is 6.92 Å². The molecule has 1 fully saturated rings. The minimum absolute atomic E-state index is 0. The number of aliphatic hydroxyl groups is 2. The molecule has 156 valence electrons. The lowest BCUT2D eigenvalue weighted by molar-refractivity contribution is -0.182. The van der Waals surface area contributed by atoms with Crippen molar-refractivity contribution in [2.24, 2.45) is 0 Å². The molecule has 1 saturated heterocycles. The summed E-state index contributed by atoms with van der Waals surface area (Å²) in [6, 6.07) is 0. The summed E-state index contributed by atoms with van der Waals surface area (Å²) in [6.07, 6.45) is 1.16. The molecule has 1 aliphatic heterocycles. The molecule has 0 bridgehead atoms. The molecule has 1 aliphatic rings. The van der Waals surface area contributed by atoms with Gasteiger partial charge in [0.2, 0.25) is 0 Å². The fourth-order valence-electron chi connectivity index (χ4n) is 1.58. The zero-order valence-electron chi connectivity index (χ0n) is 15.4. The summed E-state index contributed by atoms with van der Waals surface area (Å²) in [5, 5.41) is 15.2. The Morgan fingerprint density at radius 1 is 0.962 bits per heavy atom. The van der Waals surface area contributed by atoms with Crippen LogP contribution in [0.3, 0.4) is 0 Å². The maximum Gasteiger partial charge on any atom is 0.313 e. The van der Waals surface area contributed by atoms with Gasteiger partial charge in [-0.25, -0.2) is 0 Å². The van der Waals surface area contributed by atoms with Crippen LogP contribution in [0, 0.1) is 0 Å². The Labute approximate surface area is 155 Å². The lowest BCUT2D eigenvalue weighted by Gasteiger charge is -2.24. The summed E-state index contributed by atoms with van der Waals surface area (Å²) in [5.41, 5.74) is 0. The van der Waals surface area contributed by atoms with Gasteiger partial charge < -0.3 is 29.2 Å². The van der Waals surface area contributed by atoms with E-state index in [0.717, 1.165) is 0 Å². The third-order valence-corrected chi connectivity index (χ3v) is 3.06. The Bertz CT molecular complexity index is 360. The fraction of sp³-hybridized carbons (Fsp3) is 0.824. The highest BCUT2D eigenvalue weighted by Crippen LogP contribution is 2.27. The molecule has 0 amide bonds. The molecular weight excluding hydrogens is 348 g/mol. The van der Waals surface area contributed by atoms with Gasteiger partial charge in [0.05, 0.1) is 47.1 Å². The van der Waals surface area contributed by atoms with E-state index in [4.69, 9.17) is 19.7 Å². The molecule has 2 N–H and O–H groups in total. The van der Waals surface area contributed by atoms with Crippen molar-refractivity contribution in [2.75, 3.05) is 40.6 Å². The van der Waals surface area contributed by atoms with Crippen molar-refractivity contribution in [1.29, 1.82) is 0 Å². The number of rotatable bonds is 7. The van der Waals surface area contributed by atoms with E-state index < -0.39 is 11.8 Å². The van der Waals surface area contributed by atoms with Gasteiger partial charge >= 0.3 is 11.9 Å². The minimum Gasteiger partial charge on any atom is -0.469 e. The van der Waals surface area contributed by atoms with E-state index in [1.54, 1.807) is 6.92 Å². The Balaban J connectivity index is -0.000000337. The summed E-state index contributed by atoms with van der Waals surface area (Å²) in [7, 11) is 2.63. The van der Waals surface area contributed by atoms with Crippen molar-refractivity contribution in [3.63, 3.8) is 0 Å². The zero-order chi connectivity index (χ0) is 19.7. The molecule has 0 unspecified atom stereocenters. The molecule has 26 heavy (non-hydrogen) atoms. The lowest BCUT2D eigenvalue weighted by Crippen LogP contribution is -2.32. The van der Waals surface area contributed by atoms with Crippen molar-refractivity contribution in [2.45, 2.75) is 52.7 Å². The number of aliphatic hydroxyl groups excluding tert-OH is 2. The van der Waals surface area contributed by atoms with E-state index in [1.165, 1.54) is 14.2 Å². The predicted octanol–water partition coefficient (Wildman–Crippen LogP) is 0.838. The average molecular weight is 382 g/mol. The molecule has 0 aromatic heterocycles. The summed E-state index contributed by atoms with van der Waals surface area (Å²) < 4.78 is 19.5. The second-order valence-electron chi connectivity index (χ2n) is 4.81. The number of ketones is 1. The van der Waals surface area contributed by atoms with Gasteiger partial charge in [0.1, 0.15) is 12.2 Å². The van der Waals surface area contributed by atoms with Gasteiger partial charge in [0, 0.05) is 6.42 Å². The lowest BCUT2D eigenvalue weighted by atomic mass is 10.1. The van der Waals surface area contributed by atoms with Crippen LogP contribution in [0.5, 0.6) is 0 Å². The van der Waals surface area contributed by atoms with Crippen LogP contribution < -0.4 is 0 Å². The van der Waals surface area contributed by atoms with E-state index in [-0.39, 0.29) is 45.2 Å². The largest absolute Gasteiger partial charge is 0.469 e. The number of hydrogen-bond acceptors (Lipinski definition) is 9. The molecule has 0 radical (unpaired) electrons. The van der Waals surface area contributed by atoms with Crippen LogP contribution in [0.25, 0.3) is 0 Å². The van der Waals surface area contributed by atoms with Gasteiger partial charge in [-0.05, 0) is 6.42 Å². The first-order valence-electron chi connectivity index (χ1n) is 7.99. The highest BCUT2D eigenvalue weighted by molar-refractivity contribution is 5.95. The van der Waals surface area contributed by atoms with Gasteiger partial charge in [0.15, 0.2) is 5.79 Å². The van der Waals surface area contributed by atoms with Crippen molar-refractivity contribution in [3.8, 4) is 0 Å². The second kappa shape index (κ2) is 18.2. The van der Waals surface area contributed by atoms with Crippen LogP contribution in [0.4, 0.5) is 0 Å². The molecule has 0 atom stereocenters. The Morgan fingerprint density at radius 3 is 1.73 bits per heavy atom. The van der Waals surface area contributed by atoms with Crippen LogP contribution in [0.15, 0.2) is 0 Å². The Hall–Kier alpha value is -1.55. The van der Waals surface area contributed by atoms with Gasteiger partial charge in [-0.15, -0.1) is 0 Å². The number of methoxy groups -OCH3 is 2. The van der Waals surface area contributed by atoms with Gasteiger partial charge in [0.25, 0.3) is 0 Å². The number of Topliss-reactive ketones (excluding diaryl/α,β-unsaturated/α-hetero) is 1. The van der Waals surface area contributed by atoms with Crippen molar-refractivity contribution in [3.05, 3.63) is 0 Å². The van der Waals surface area contributed by atoms with Crippen LogP contribution in [0.2, 0.25) is 0 Å². The van der Waals surface area contributed by atoms with Gasteiger partial charge in [-0.2, -0.15) is 0 Å². The maximum atomic E-state index is 10.9. The van der Waals surface area contributed by atoms with Crippen LogP contribution in [0.1, 0.15) is 47.0 Å². The second-order valence-corrected chi connectivity index (χ2v) is 4.81. The molecule has 0 saturated carbocycles. The van der Waals surface area contributed by atoms with Crippen molar-refractivity contribution >= 4 is 17.7 Å². The third kappa shape index (κ3) is 14.8. The number of ether oxygens (including phenoxy) is 4. The standard InChI is InChI=1S/C8H14O4.C6H10O3.C2H6O2.CH4/c1-3-8(6-7(9)10-2)11-4-5-12-8;1-3-5(7)4-6(8)9-2;3-1-2-4;/h3-6H2,1-2H3;3-4H2,1-2H3;3-4H,1-2H2;1H4. The molecule has 0 aromatic carbocycles. The normalized spacial score (nSPS) is 13.8. The molecule has 9 heteroatoms. The Kier molecular flexibility index (Phi) is 20.5. The number of carbonyl (C=O) groups excluding carboxylic acids is 3. The zero-order valence-corrected chi connectivity index (χ0v) is 15.4. The summed E-state index contributed by atoms with van der Waals surface area (Å²) in [4.78, 5) is 31.8. The van der Waals surface area contributed by atoms with E-state index >= 15 is 0 Å². The maximum absolute atomic E-state index is 10.9. The predicted molar refractivity (Wildman–Crippen MR) is 94.4 cm³/mol. The first kappa shape index (κ1) is 29.2. The third-order valence-electron chi connectivity index (χ3n) is 3.06. The molecule has 9 nitrogen and oxygen atoms in total. The SMILES string of the molecule is C.CCC(=O)CC(=O)OC.CCC1(CC(=O)OC)OCCO1.OCCO. The highest BCUT2D eigenvalue weighted by atomic mass is 16.7. The molecule has 1 heterocycles. The number of esters is 2. The van der Waals surface area contributed by atoms with Crippen LogP contribution in [-0.4, -0.2) is 74.4 Å². The topological polar surface area (TPSA) is 129 Å². The van der Waals surface area contributed by atoms with Gasteiger partial charge in [-0.3, -0.25) is 14.4 Å². The van der Waals surface area contributed by atoms with Crippen molar-refractivity contribution < 1.29 is 43.5 Å². The first-order valence-corrected chi connectivity index (χ1v) is 7.99. The number of hydrogen-bond donors (Lipinski definition) is 2. The van der Waals surface area contributed by atoms with E-state index in [0.29, 0.717) is 26.1 Å². The number of carbonyl (C=O) groups is 3. The van der Waals surface area contributed by atoms with Crippen LogP contribution in [-0.2, 0) is 33.3 Å². The molecule has 0 aliphatic carbocycles. The molecule has 0 aromatic rings. The van der Waals surface area contributed by atoms with Crippen molar-refractivity contribution in [1.82, 2.24) is 0 Å².